The lowest BCUT2D eigenvalue weighted by Gasteiger charge is -2.35. The Kier molecular flexibility index (Phi) is 14.7. The van der Waals surface area contributed by atoms with E-state index in [0.717, 1.165) is 37.9 Å². The molecular formula is C35H60N4O8. The van der Waals surface area contributed by atoms with Crippen LogP contribution in [0.2, 0.25) is 0 Å². The van der Waals surface area contributed by atoms with Crippen molar-refractivity contribution in [3.8, 4) is 0 Å². The van der Waals surface area contributed by atoms with Crippen molar-refractivity contribution >= 4 is 17.9 Å². The quantitative estimate of drug-likeness (QED) is 0.144. The number of hydrogen-bond acceptors (Lipinski definition) is 8. The van der Waals surface area contributed by atoms with E-state index in [1.807, 2.05) is 14.0 Å². The van der Waals surface area contributed by atoms with Gasteiger partial charge in [0.2, 0.25) is 5.91 Å². The number of carbonyl (C=O) groups is 3. The van der Waals surface area contributed by atoms with Gasteiger partial charge in [0, 0.05) is 45.8 Å². The number of epoxide rings is 1. The Morgan fingerprint density at radius 2 is 1.81 bits per heavy atom. The topological polar surface area (TPSA) is 153 Å². The zero-order chi connectivity index (χ0) is 34.9. The minimum absolute atomic E-state index is 0.0413. The highest BCUT2D eigenvalue weighted by Crippen LogP contribution is 2.47. The molecule has 47 heavy (non-hydrogen) atoms. The third-order valence-corrected chi connectivity index (χ3v) is 10.0. The second-order valence-electron chi connectivity index (χ2n) is 14.3. The highest BCUT2D eigenvalue weighted by atomic mass is 16.6. The van der Waals surface area contributed by atoms with Gasteiger partial charge < -0.3 is 44.9 Å². The average molecular weight is 665 g/mol. The highest BCUT2D eigenvalue weighted by molar-refractivity contribution is 5.83. The molecule has 3 heterocycles. The Bertz CT molecular complexity index is 1110. The number of rotatable bonds is 16. The van der Waals surface area contributed by atoms with Gasteiger partial charge >= 0.3 is 12.0 Å². The number of urea groups is 1. The summed E-state index contributed by atoms with van der Waals surface area (Å²) in [6.45, 7) is 15.3. The third-order valence-electron chi connectivity index (χ3n) is 10.0. The number of allylic oxidation sites excluding steroid dienone is 3. The number of aliphatic hydroxyl groups excluding tert-OH is 1. The normalized spacial score (nSPS) is 30.3. The smallest absolute Gasteiger partial charge is 0.326 e. The van der Waals surface area contributed by atoms with Crippen molar-refractivity contribution in [1.82, 2.24) is 20.4 Å². The fraction of sp³-hybridized carbons (Fsp3) is 0.800. The van der Waals surface area contributed by atoms with E-state index in [9.17, 15) is 24.6 Å². The summed E-state index contributed by atoms with van der Waals surface area (Å²) in [5.41, 5.74) is 0.825. The fourth-order valence-corrected chi connectivity index (χ4v) is 7.18. The molecule has 0 unspecified atom stereocenters. The highest BCUT2D eigenvalue weighted by Gasteiger charge is 2.56. The minimum Gasteiger partial charge on any atom is -0.480 e. The molecular weight excluding hydrogens is 604 g/mol. The SMILES string of the molecule is CO[C@H]([C@@H](C)[C@H]1O[C@]1(C)C[C@H](C)/C=C/C=C(\C)[C@H]1O[C@@H](CC(=O)N[C@@H](CCNC(=O)N2CCN(C)CC2)C(=O)O)CC[C@@H]1C)[C@@H](C)O. The van der Waals surface area contributed by atoms with Gasteiger partial charge in [-0.05, 0) is 70.9 Å². The van der Waals surface area contributed by atoms with Crippen LogP contribution in [0.5, 0.6) is 0 Å². The summed E-state index contributed by atoms with van der Waals surface area (Å²) in [5, 5.41) is 25.1. The van der Waals surface area contributed by atoms with Crippen molar-refractivity contribution in [3.05, 3.63) is 23.8 Å². The van der Waals surface area contributed by atoms with Crippen molar-refractivity contribution in [2.24, 2.45) is 17.8 Å². The zero-order valence-electron chi connectivity index (χ0n) is 29.7. The molecule has 0 aromatic rings. The molecule has 3 amide bonds. The van der Waals surface area contributed by atoms with Gasteiger partial charge in [0.25, 0.3) is 0 Å². The maximum atomic E-state index is 12.9. The average Bonchev–Trinajstić information content (AvgIpc) is 3.67. The van der Waals surface area contributed by atoms with Crippen LogP contribution in [0.3, 0.4) is 0 Å². The molecule has 0 aliphatic carbocycles. The van der Waals surface area contributed by atoms with E-state index in [1.54, 1.807) is 18.9 Å². The van der Waals surface area contributed by atoms with Crippen LogP contribution in [0, 0.1) is 17.8 Å². The molecule has 12 nitrogen and oxygen atoms in total. The lowest BCUT2D eigenvalue weighted by atomic mass is 9.85. The Morgan fingerprint density at radius 3 is 2.43 bits per heavy atom. The summed E-state index contributed by atoms with van der Waals surface area (Å²) in [5.74, 6) is -0.856. The number of methoxy groups -OCH3 is 1. The molecule has 3 fully saturated rings. The van der Waals surface area contributed by atoms with E-state index in [0.29, 0.717) is 13.1 Å². The number of aliphatic carboxylic acids is 1. The van der Waals surface area contributed by atoms with Gasteiger partial charge in [-0.15, -0.1) is 0 Å². The summed E-state index contributed by atoms with van der Waals surface area (Å²) < 4.78 is 18.0. The monoisotopic (exact) mass is 664 g/mol. The number of carboxylic acids is 1. The first-order chi connectivity index (χ1) is 22.1. The van der Waals surface area contributed by atoms with E-state index >= 15 is 0 Å². The molecule has 3 rings (SSSR count). The van der Waals surface area contributed by atoms with Crippen LogP contribution in [0.15, 0.2) is 23.8 Å². The molecule has 3 saturated heterocycles. The number of hydrogen-bond donors (Lipinski definition) is 4. The number of amides is 3. The minimum atomic E-state index is -1.13. The third kappa shape index (κ3) is 11.6. The van der Waals surface area contributed by atoms with Crippen molar-refractivity contribution in [2.75, 3.05) is 46.9 Å². The predicted molar refractivity (Wildman–Crippen MR) is 180 cm³/mol. The summed E-state index contributed by atoms with van der Waals surface area (Å²) in [6.07, 6.45) is 7.72. The van der Waals surface area contributed by atoms with Crippen LogP contribution < -0.4 is 10.6 Å². The Morgan fingerprint density at radius 1 is 1.13 bits per heavy atom. The molecule has 3 aliphatic rings. The molecule has 0 aromatic heterocycles. The standard InChI is InChI=1S/C35H60N4O8/c1-22(21-35(6)32(47-35)25(4)31(45-8)26(5)40)10-9-11-23(2)30-24(3)12-13-27(46-30)20-29(41)37-28(33(42)43)14-15-36-34(44)39-18-16-38(7)17-19-39/h9-11,22,24-28,30-32,40H,12-21H2,1-8H3,(H,36,44)(H,37,41)(H,42,43)/b10-9+,23-11+/t22-,24+,25-,26-,27-,28+,30-,31-,32-,35-/m1/s1. The Hall–Kier alpha value is -2.51. The number of ether oxygens (including phenoxy) is 3. The Labute approximate surface area is 281 Å². The van der Waals surface area contributed by atoms with Gasteiger partial charge in [0.15, 0.2) is 0 Å². The summed E-state index contributed by atoms with van der Waals surface area (Å²) in [6, 6.07) is -1.31. The maximum Gasteiger partial charge on any atom is 0.326 e. The first-order valence-corrected chi connectivity index (χ1v) is 17.3. The predicted octanol–water partition coefficient (Wildman–Crippen LogP) is 3.19. The largest absolute Gasteiger partial charge is 0.480 e. The number of piperazine rings is 1. The van der Waals surface area contributed by atoms with E-state index in [2.05, 4.69) is 61.5 Å². The molecule has 3 aliphatic heterocycles. The van der Waals surface area contributed by atoms with Crippen LogP contribution in [-0.2, 0) is 23.8 Å². The number of nitrogens with zero attached hydrogens (tertiary/aromatic N) is 2. The second kappa shape index (κ2) is 17.8. The molecule has 0 radical (unpaired) electrons. The Balaban J connectivity index is 1.44. The van der Waals surface area contributed by atoms with Crippen LogP contribution in [0.25, 0.3) is 0 Å². The van der Waals surface area contributed by atoms with E-state index in [-0.39, 0.29) is 79.1 Å². The van der Waals surface area contributed by atoms with Crippen molar-refractivity contribution in [2.45, 2.75) is 116 Å². The molecule has 0 aromatic carbocycles. The summed E-state index contributed by atoms with van der Waals surface area (Å²) in [7, 11) is 3.63. The lowest BCUT2D eigenvalue weighted by Crippen LogP contribution is -2.51. The first-order valence-electron chi connectivity index (χ1n) is 17.3. The van der Waals surface area contributed by atoms with Gasteiger partial charge in [-0.3, -0.25) is 4.79 Å². The summed E-state index contributed by atoms with van der Waals surface area (Å²) in [4.78, 5) is 41.0. The molecule has 10 atom stereocenters. The van der Waals surface area contributed by atoms with E-state index in [4.69, 9.17) is 14.2 Å². The molecule has 0 spiro atoms. The first kappa shape index (κ1) is 38.9. The van der Waals surface area contributed by atoms with Gasteiger partial charge in [-0.1, -0.05) is 39.0 Å². The number of nitrogens with one attached hydrogen (secondary N) is 2. The molecule has 268 valence electrons. The molecule has 12 heteroatoms. The summed E-state index contributed by atoms with van der Waals surface area (Å²) >= 11 is 0. The van der Waals surface area contributed by atoms with Crippen LogP contribution in [0.1, 0.15) is 73.6 Å². The van der Waals surface area contributed by atoms with Gasteiger partial charge in [0.05, 0.1) is 42.5 Å². The maximum absolute atomic E-state index is 12.9. The van der Waals surface area contributed by atoms with E-state index < -0.39 is 18.1 Å². The lowest BCUT2D eigenvalue weighted by molar-refractivity contribution is -0.143. The van der Waals surface area contributed by atoms with E-state index in [1.165, 1.54) is 0 Å². The number of carbonyl (C=O) groups excluding carboxylic acids is 2. The second-order valence-corrected chi connectivity index (χ2v) is 14.3. The molecule has 0 saturated carbocycles. The molecule has 4 N–H and O–H groups in total. The van der Waals surface area contributed by atoms with Crippen molar-refractivity contribution < 1.29 is 38.8 Å². The van der Waals surface area contributed by atoms with Crippen molar-refractivity contribution in [3.63, 3.8) is 0 Å². The number of carboxylic acid groups (broad SMARTS) is 1. The fourth-order valence-electron chi connectivity index (χ4n) is 7.18. The van der Waals surface area contributed by atoms with Gasteiger partial charge in [0.1, 0.15) is 6.04 Å². The van der Waals surface area contributed by atoms with Crippen LogP contribution in [0.4, 0.5) is 4.79 Å². The van der Waals surface area contributed by atoms with Crippen LogP contribution in [-0.4, -0.2) is 127 Å². The van der Waals surface area contributed by atoms with Gasteiger partial charge in [-0.25, -0.2) is 9.59 Å². The zero-order valence-corrected chi connectivity index (χ0v) is 29.7. The number of aliphatic hydroxyl groups is 1. The number of likely N-dealkylation sites (N-methyl/N-ethyl adjacent to an activating group) is 1. The van der Waals surface area contributed by atoms with Crippen LogP contribution >= 0.6 is 0 Å². The van der Waals surface area contributed by atoms with Crippen molar-refractivity contribution in [1.29, 1.82) is 0 Å². The molecule has 0 bridgehead atoms. The van der Waals surface area contributed by atoms with Gasteiger partial charge in [-0.2, -0.15) is 0 Å².